The number of nitrogens with zero attached hydrogens (tertiary/aromatic N) is 4. The van der Waals surface area contributed by atoms with E-state index >= 15 is 0 Å². The number of furan rings is 1. The molecule has 3 aromatic rings. The molecular weight excluding hydrogens is 326 g/mol. The Morgan fingerprint density at radius 1 is 1.12 bits per heavy atom. The molecule has 0 aromatic carbocycles. The maximum atomic E-state index is 5.66. The van der Waals surface area contributed by atoms with Gasteiger partial charge in [-0.1, -0.05) is 13.8 Å². The lowest BCUT2D eigenvalue weighted by atomic mass is 10.2. The highest BCUT2D eigenvalue weighted by Crippen LogP contribution is 2.23. The number of rotatable bonds is 8. The van der Waals surface area contributed by atoms with E-state index in [0.29, 0.717) is 12.4 Å². The van der Waals surface area contributed by atoms with Crippen molar-refractivity contribution in [2.75, 3.05) is 25.0 Å². The van der Waals surface area contributed by atoms with Crippen LogP contribution >= 0.6 is 0 Å². The number of aryl methyl sites for hydroxylation is 1. The summed E-state index contributed by atoms with van der Waals surface area (Å²) in [7, 11) is 0. The average Bonchev–Trinajstić information content (AvgIpc) is 3.20. The molecule has 0 amide bonds. The molecule has 0 bridgehead atoms. The monoisotopic (exact) mass is 351 g/mol. The van der Waals surface area contributed by atoms with Crippen LogP contribution in [0, 0.1) is 6.92 Å². The molecule has 0 saturated carbocycles. The van der Waals surface area contributed by atoms with Crippen LogP contribution < -0.4 is 5.32 Å². The second-order valence-corrected chi connectivity index (χ2v) is 6.09. The van der Waals surface area contributed by atoms with E-state index in [1.54, 1.807) is 18.7 Å². The number of hydrogen-bond acceptors (Lipinski definition) is 6. The van der Waals surface area contributed by atoms with Crippen molar-refractivity contribution in [2.24, 2.45) is 0 Å². The molecule has 0 spiro atoms. The van der Waals surface area contributed by atoms with Gasteiger partial charge in [0, 0.05) is 36.3 Å². The minimum absolute atomic E-state index is 0.152. The summed E-state index contributed by atoms with van der Waals surface area (Å²) < 4.78 is 5.66. The van der Waals surface area contributed by atoms with Crippen LogP contribution in [0.25, 0.3) is 11.4 Å². The van der Waals surface area contributed by atoms with Gasteiger partial charge in [-0.3, -0.25) is 9.88 Å². The highest BCUT2D eigenvalue weighted by molar-refractivity contribution is 5.56. The molecule has 1 atom stereocenters. The molecule has 0 aliphatic carbocycles. The molecule has 3 rings (SSSR count). The summed E-state index contributed by atoms with van der Waals surface area (Å²) in [5, 5.41) is 3.46. The molecule has 6 heteroatoms. The third-order valence-corrected chi connectivity index (χ3v) is 4.39. The third kappa shape index (κ3) is 4.26. The largest absolute Gasteiger partial charge is 0.468 e. The van der Waals surface area contributed by atoms with Gasteiger partial charge in [-0.25, -0.2) is 9.97 Å². The van der Waals surface area contributed by atoms with Gasteiger partial charge >= 0.3 is 0 Å². The van der Waals surface area contributed by atoms with Gasteiger partial charge in [-0.2, -0.15) is 0 Å². The van der Waals surface area contributed by atoms with E-state index in [9.17, 15) is 0 Å². The number of nitrogens with one attached hydrogen (secondary N) is 1. The Morgan fingerprint density at radius 3 is 2.54 bits per heavy atom. The first-order valence-corrected chi connectivity index (χ1v) is 8.98. The van der Waals surface area contributed by atoms with Gasteiger partial charge in [0.25, 0.3) is 0 Å². The average molecular weight is 351 g/mol. The number of anilines is 1. The van der Waals surface area contributed by atoms with Crippen LogP contribution in [-0.2, 0) is 0 Å². The fourth-order valence-electron chi connectivity index (χ4n) is 3.05. The Morgan fingerprint density at radius 2 is 1.88 bits per heavy atom. The normalized spacial score (nSPS) is 12.3. The maximum absolute atomic E-state index is 5.66. The van der Waals surface area contributed by atoms with Crippen molar-refractivity contribution in [3.63, 3.8) is 0 Å². The lowest BCUT2D eigenvalue weighted by molar-refractivity contribution is 0.202. The zero-order valence-electron chi connectivity index (χ0n) is 15.5. The lowest BCUT2D eigenvalue weighted by Gasteiger charge is -2.28. The van der Waals surface area contributed by atoms with Crippen molar-refractivity contribution in [1.82, 2.24) is 19.9 Å². The molecule has 0 radical (unpaired) electrons. The highest BCUT2D eigenvalue weighted by Gasteiger charge is 2.20. The zero-order chi connectivity index (χ0) is 18.4. The van der Waals surface area contributed by atoms with Crippen molar-refractivity contribution in [3.8, 4) is 11.4 Å². The van der Waals surface area contributed by atoms with Crippen molar-refractivity contribution in [3.05, 3.63) is 60.4 Å². The van der Waals surface area contributed by atoms with Crippen LogP contribution in [0.2, 0.25) is 0 Å². The van der Waals surface area contributed by atoms with E-state index < -0.39 is 0 Å². The number of aromatic nitrogens is 3. The van der Waals surface area contributed by atoms with Crippen LogP contribution in [0.4, 0.5) is 5.82 Å². The predicted molar refractivity (Wildman–Crippen MR) is 103 cm³/mol. The summed E-state index contributed by atoms with van der Waals surface area (Å²) in [4.78, 5) is 15.6. The Labute approximate surface area is 154 Å². The molecule has 6 nitrogen and oxygen atoms in total. The molecule has 3 heterocycles. The fraction of sp³-hybridized carbons (Fsp3) is 0.350. The van der Waals surface area contributed by atoms with Crippen molar-refractivity contribution in [1.29, 1.82) is 0 Å². The van der Waals surface area contributed by atoms with Gasteiger partial charge in [0.15, 0.2) is 5.82 Å². The van der Waals surface area contributed by atoms with Crippen molar-refractivity contribution >= 4 is 5.82 Å². The maximum Gasteiger partial charge on any atom is 0.161 e. The van der Waals surface area contributed by atoms with Crippen molar-refractivity contribution in [2.45, 2.75) is 26.8 Å². The molecule has 0 aliphatic rings. The Hall–Kier alpha value is -2.73. The molecule has 0 saturated heterocycles. The van der Waals surface area contributed by atoms with Gasteiger partial charge in [0.2, 0.25) is 0 Å². The van der Waals surface area contributed by atoms with Gasteiger partial charge in [-0.15, -0.1) is 0 Å². The Kier molecular flexibility index (Phi) is 5.96. The minimum atomic E-state index is 0.152. The summed E-state index contributed by atoms with van der Waals surface area (Å²) in [6, 6.07) is 9.91. The van der Waals surface area contributed by atoms with Crippen LogP contribution in [0.5, 0.6) is 0 Å². The summed E-state index contributed by atoms with van der Waals surface area (Å²) in [5.41, 5.74) is 1.88. The summed E-state index contributed by atoms with van der Waals surface area (Å²) >= 11 is 0. The van der Waals surface area contributed by atoms with E-state index in [-0.39, 0.29) is 6.04 Å². The van der Waals surface area contributed by atoms with E-state index in [1.807, 2.05) is 37.3 Å². The van der Waals surface area contributed by atoms with E-state index in [4.69, 9.17) is 4.42 Å². The van der Waals surface area contributed by atoms with Crippen LogP contribution in [0.1, 0.15) is 31.3 Å². The van der Waals surface area contributed by atoms with Crippen LogP contribution in [0.15, 0.2) is 53.4 Å². The van der Waals surface area contributed by atoms with Gasteiger partial charge in [0.05, 0.1) is 12.3 Å². The molecule has 0 fully saturated rings. The smallest absolute Gasteiger partial charge is 0.161 e. The molecule has 1 unspecified atom stereocenters. The second-order valence-electron chi connectivity index (χ2n) is 6.09. The molecule has 26 heavy (non-hydrogen) atoms. The van der Waals surface area contributed by atoms with Gasteiger partial charge < -0.3 is 9.73 Å². The summed E-state index contributed by atoms with van der Waals surface area (Å²) in [5.74, 6) is 2.47. The first-order chi connectivity index (χ1) is 12.7. The third-order valence-electron chi connectivity index (χ3n) is 4.39. The van der Waals surface area contributed by atoms with Crippen LogP contribution in [-0.4, -0.2) is 39.5 Å². The molecule has 136 valence electrons. The predicted octanol–water partition coefficient (Wildman–Crippen LogP) is 3.94. The summed E-state index contributed by atoms with van der Waals surface area (Å²) in [6.45, 7) is 8.92. The van der Waals surface area contributed by atoms with E-state index in [1.165, 1.54) is 0 Å². The SMILES string of the molecule is CCN(CC)C(CNc1cc(C)nc(-c2ccncc2)n1)c1ccco1. The lowest BCUT2D eigenvalue weighted by Crippen LogP contribution is -2.33. The van der Waals surface area contributed by atoms with E-state index in [0.717, 1.165) is 35.9 Å². The summed E-state index contributed by atoms with van der Waals surface area (Å²) in [6.07, 6.45) is 5.23. The van der Waals surface area contributed by atoms with Gasteiger partial charge in [0.1, 0.15) is 11.6 Å². The Bertz CT molecular complexity index is 800. The molecule has 1 N–H and O–H groups in total. The van der Waals surface area contributed by atoms with Gasteiger partial charge in [-0.05, 0) is 44.3 Å². The first-order valence-electron chi connectivity index (χ1n) is 8.98. The second kappa shape index (κ2) is 8.58. The Balaban J connectivity index is 1.80. The highest BCUT2D eigenvalue weighted by atomic mass is 16.3. The standard InChI is InChI=1S/C20H25N5O/c1-4-25(5-2)17(18-7-6-12-26-18)14-22-19-13-15(3)23-20(24-19)16-8-10-21-11-9-16/h6-13,17H,4-5,14H2,1-3H3,(H,22,23,24). The molecule has 0 aliphatic heterocycles. The van der Waals surface area contributed by atoms with E-state index in [2.05, 4.69) is 39.0 Å². The van der Waals surface area contributed by atoms with Crippen molar-refractivity contribution < 1.29 is 4.42 Å². The first kappa shape index (κ1) is 18.1. The molecule has 3 aromatic heterocycles. The zero-order valence-corrected chi connectivity index (χ0v) is 15.5. The molecular formula is C20H25N5O. The van der Waals surface area contributed by atoms with Crippen LogP contribution in [0.3, 0.4) is 0 Å². The minimum Gasteiger partial charge on any atom is -0.468 e. The topological polar surface area (TPSA) is 67.1 Å². The number of likely N-dealkylation sites (N-methyl/N-ethyl adjacent to an activating group) is 1. The number of pyridine rings is 1. The fourth-order valence-corrected chi connectivity index (χ4v) is 3.05. The number of hydrogen-bond donors (Lipinski definition) is 1. The quantitative estimate of drug-likeness (QED) is 0.663.